The summed E-state index contributed by atoms with van der Waals surface area (Å²) in [6.07, 6.45) is 0. The lowest BCUT2D eigenvalue weighted by Crippen LogP contribution is -3.12. The van der Waals surface area contributed by atoms with Crippen LogP contribution in [0.5, 0.6) is 0 Å². The summed E-state index contributed by atoms with van der Waals surface area (Å²) >= 11 is 6.19. The maximum absolute atomic E-state index is 12.2. The highest BCUT2D eigenvalue weighted by Crippen LogP contribution is 2.27. The standard InChI is InChI=1S/C22H25ClN2O4/c1-15-11-16(2)21(19(23)12-15)24-20(26)14-29-22(27)18-5-3-17(4-6-18)13-25-7-9-28-10-8-25/h3-6,11-12H,7-10,13-14H2,1-2H3,(H,24,26)/p+1. The Morgan fingerprint density at radius 3 is 2.48 bits per heavy atom. The van der Waals surface area contributed by atoms with Gasteiger partial charge in [0, 0.05) is 5.56 Å². The number of rotatable bonds is 6. The number of morpholine rings is 1. The van der Waals surface area contributed by atoms with Gasteiger partial charge in [0.1, 0.15) is 19.6 Å². The first-order valence-corrected chi connectivity index (χ1v) is 10.0. The maximum Gasteiger partial charge on any atom is 0.338 e. The van der Waals surface area contributed by atoms with Gasteiger partial charge in [0.15, 0.2) is 6.61 Å². The number of halogens is 1. The Balaban J connectivity index is 1.50. The lowest BCUT2D eigenvalue weighted by Gasteiger charge is -2.23. The smallest absolute Gasteiger partial charge is 0.338 e. The molecule has 0 saturated carbocycles. The highest BCUT2D eigenvalue weighted by atomic mass is 35.5. The number of ether oxygens (including phenoxy) is 2. The predicted octanol–water partition coefficient (Wildman–Crippen LogP) is 2.17. The molecule has 1 fully saturated rings. The molecule has 0 aromatic heterocycles. The molecule has 2 aromatic rings. The first-order valence-electron chi connectivity index (χ1n) is 9.66. The zero-order chi connectivity index (χ0) is 20.8. The van der Waals surface area contributed by atoms with Crippen LogP contribution in [-0.2, 0) is 20.8 Å². The summed E-state index contributed by atoms with van der Waals surface area (Å²) in [5.41, 5.74) is 3.97. The van der Waals surface area contributed by atoms with E-state index in [1.807, 2.05) is 32.0 Å². The fourth-order valence-electron chi connectivity index (χ4n) is 3.35. The molecule has 0 spiro atoms. The average Bonchev–Trinajstić information content (AvgIpc) is 2.70. The molecule has 3 rings (SSSR count). The Hall–Kier alpha value is -2.41. The van der Waals surface area contributed by atoms with Crippen LogP contribution < -0.4 is 10.2 Å². The van der Waals surface area contributed by atoms with Gasteiger partial charge >= 0.3 is 5.97 Å². The van der Waals surface area contributed by atoms with E-state index in [1.165, 1.54) is 4.90 Å². The molecule has 6 nitrogen and oxygen atoms in total. The van der Waals surface area contributed by atoms with Crippen molar-refractivity contribution in [3.63, 3.8) is 0 Å². The van der Waals surface area contributed by atoms with Crippen LogP contribution in [0.1, 0.15) is 27.0 Å². The molecule has 1 saturated heterocycles. The van der Waals surface area contributed by atoms with E-state index in [0.717, 1.165) is 49.5 Å². The van der Waals surface area contributed by atoms with Gasteiger partial charge in [0.2, 0.25) is 0 Å². The minimum atomic E-state index is -0.530. The number of esters is 1. The van der Waals surface area contributed by atoms with Crippen molar-refractivity contribution in [1.82, 2.24) is 0 Å². The van der Waals surface area contributed by atoms with Gasteiger partial charge < -0.3 is 19.7 Å². The number of benzene rings is 2. The van der Waals surface area contributed by atoms with Gasteiger partial charge in [0.05, 0.1) is 29.5 Å². The highest BCUT2D eigenvalue weighted by molar-refractivity contribution is 6.34. The molecule has 2 N–H and O–H groups in total. The normalized spacial score (nSPS) is 14.4. The van der Waals surface area contributed by atoms with E-state index < -0.39 is 11.9 Å². The Morgan fingerprint density at radius 2 is 1.83 bits per heavy atom. The number of quaternary nitrogens is 1. The number of anilines is 1. The van der Waals surface area contributed by atoms with Crippen LogP contribution >= 0.6 is 11.6 Å². The molecule has 0 aliphatic carbocycles. The minimum Gasteiger partial charge on any atom is -0.452 e. The van der Waals surface area contributed by atoms with E-state index >= 15 is 0 Å². The zero-order valence-corrected chi connectivity index (χ0v) is 17.5. The second-order valence-electron chi connectivity index (χ2n) is 7.30. The molecule has 1 aliphatic heterocycles. The average molecular weight is 418 g/mol. The fraction of sp³-hybridized carbons (Fsp3) is 0.364. The molecule has 154 valence electrons. The van der Waals surface area contributed by atoms with Gasteiger partial charge in [-0.25, -0.2) is 4.79 Å². The maximum atomic E-state index is 12.2. The Bertz CT molecular complexity index is 854. The first-order chi connectivity index (χ1) is 13.9. The van der Waals surface area contributed by atoms with Gasteiger partial charge in [-0.05, 0) is 43.2 Å². The number of carbonyl (C=O) groups is 2. The summed E-state index contributed by atoms with van der Waals surface area (Å²) in [7, 11) is 0. The number of amides is 1. The van der Waals surface area contributed by atoms with Crippen molar-refractivity contribution in [2.45, 2.75) is 20.4 Å². The number of hydrogen-bond donors (Lipinski definition) is 2. The molecule has 1 aliphatic rings. The third-order valence-corrected chi connectivity index (χ3v) is 5.17. The molecule has 0 atom stereocenters. The van der Waals surface area contributed by atoms with Crippen molar-refractivity contribution >= 4 is 29.2 Å². The highest BCUT2D eigenvalue weighted by Gasteiger charge is 2.16. The molecular formula is C22H26ClN2O4+. The molecule has 7 heteroatoms. The minimum absolute atomic E-state index is 0.373. The van der Waals surface area contributed by atoms with Crippen molar-refractivity contribution < 1.29 is 24.0 Å². The van der Waals surface area contributed by atoms with Crippen LogP contribution in [-0.4, -0.2) is 44.8 Å². The molecule has 0 unspecified atom stereocenters. The van der Waals surface area contributed by atoms with Crippen molar-refractivity contribution in [2.24, 2.45) is 0 Å². The quantitative estimate of drug-likeness (QED) is 0.707. The summed E-state index contributed by atoms with van der Waals surface area (Å²) in [4.78, 5) is 25.9. The summed E-state index contributed by atoms with van der Waals surface area (Å²) in [6, 6.07) is 11.0. The second-order valence-corrected chi connectivity index (χ2v) is 7.71. The first kappa shape index (κ1) is 21.3. The van der Waals surface area contributed by atoms with Gasteiger partial charge in [-0.3, -0.25) is 4.79 Å². The monoisotopic (exact) mass is 417 g/mol. The largest absolute Gasteiger partial charge is 0.452 e. The number of aryl methyl sites for hydroxylation is 2. The zero-order valence-electron chi connectivity index (χ0n) is 16.7. The third-order valence-electron chi connectivity index (χ3n) is 4.87. The molecule has 29 heavy (non-hydrogen) atoms. The van der Waals surface area contributed by atoms with Gasteiger partial charge in [-0.2, -0.15) is 0 Å². The Labute approximate surface area is 175 Å². The van der Waals surface area contributed by atoms with Crippen molar-refractivity contribution in [3.8, 4) is 0 Å². The Morgan fingerprint density at radius 1 is 1.14 bits per heavy atom. The third kappa shape index (κ3) is 6.03. The van der Waals surface area contributed by atoms with Crippen LogP contribution in [0, 0.1) is 13.8 Å². The lowest BCUT2D eigenvalue weighted by atomic mass is 10.1. The second kappa shape index (κ2) is 9.87. The van der Waals surface area contributed by atoms with Crippen molar-refractivity contribution in [2.75, 3.05) is 38.2 Å². The molecule has 1 amide bonds. The van der Waals surface area contributed by atoms with E-state index in [0.29, 0.717) is 16.3 Å². The summed E-state index contributed by atoms with van der Waals surface area (Å²) in [6.45, 7) is 7.87. The molecular weight excluding hydrogens is 392 g/mol. The summed E-state index contributed by atoms with van der Waals surface area (Å²) < 4.78 is 10.5. The summed E-state index contributed by atoms with van der Waals surface area (Å²) in [5.74, 6) is -0.961. The van der Waals surface area contributed by atoms with Gasteiger partial charge in [-0.1, -0.05) is 29.8 Å². The molecule has 0 radical (unpaired) electrons. The fourth-order valence-corrected chi connectivity index (χ4v) is 3.72. The molecule has 0 bridgehead atoms. The van der Waals surface area contributed by atoms with Crippen LogP contribution in [0.2, 0.25) is 5.02 Å². The Kier molecular flexibility index (Phi) is 7.25. The van der Waals surface area contributed by atoms with Crippen LogP contribution in [0.4, 0.5) is 5.69 Å². The topological polar surface area (TPSA) is 69.1 Å². The van der Waals surface area contributed by atoms with Gasteiger partial charge in [0.25, 0.3) is 5.91 Å². The number of nitrogens with one attached hydrogen (secondary N) is 2. The predicted molar refractivity (Wildman–Crippen MR) is 111 cm³/mol. The number of hydrogen-bond acceptors (Lipinski definition) is 4. The molecule has 2 aromatic carbocycles. The van der Waals surface area contributed by atoms with E-state index in [9.17, 15) is 9.59 Å². The summed E-state index contributed by atoms with van der Waals surface area (Å²) in [5, 5.41) is 3.16. The van der Waals surface area contributed by atoms with Crippen molar-refractivity contribution in [1.29, 1.82) is 0 Å². The van der Waals surface area contributed by atoms with E-state index in [4.69, 9.17) is 21.1 Å². The van der Waals surface area contributed by atoms with E-state index in [-0.39, 0.29) is 6.61 Å². The van der Waals surface area contributed by atoms with Crippen LogP contribution in [0.3, 0.4) is 0 Å². The lowest BCUT2D eigenvalue weighted by molar-refractivity contribution is -0.921. The van der Waals surface area contributed by atoms with Crippen LogP contribution in [0.15, 0.2) is 36.4 Å². The van der Waals surface area contributed by atoms with Crippen LogP contribution in [0.25, 0.3) is 0 Å². The van der Waals surface area contributed by atoms with Crippen molar-refractivity contribution in [3.05, 3.63) is 63.7 Å². The van der Waals surface area contributed by atoms with Gasteiger partial charge in [-0.15, -0.1) is 0 Å². The number of carbonyl (C=O) groups excluding carboxylic acids is 2. The van der Waals surface area contributed by atoms with E-state index in [2.05, 4.69) is 5.32 Å². The molecule has 1 heterocycles. The SMILES string of the molecule is Cc1cc(C)c(NC(=O)COC(=O)c2ccc(C[NH+]3CCOCC3)cc2)c(Cl)c1. The van der Waals surface area contributed by atoms with E-state index in [1.54, 1.807) is 18.2 Å².